The van der Waals surface area contributed by atoms with E-state index in [0.29, 0.717) is 19.5 Å². The maximum Gasteiger partial charge on any atom is 0.335 e. The number of hydrogen-bond acceptors (Lipinski definition) is 5. The van der Waals surface area contributed by atoms with Gasteiger partial charge in [-0.25, -0.2) is 9.59 Å². The van der Waals surface area contributed by atoms with Gasteiger partial charge < -0.3 is 10.1 Å². The number of hydrogen-bond donors (Lipinski definition) is 2. The second-order valence-corrected chi connectivity index (χ2v) is 6.48. The van der Waals surface area contributed by atoms with E-state index in [1.165, 1.54) is 5.56 Å². The second kappa shape index (κ2) is 6.78. The third-order valence-corrected chi connectivity index (χ3v) is 4.91. The minimum Gasteiger partial charge on any atom is -0.391 e. The largest absolute Gasteiger partial charge is 0.391 e. The molecule has 4 rings (SSSR count). The summed E-state index contributed by atoms with van der Waals surface area (Å²) in [5.41, 5.74) is 4.33. The summed E-state index contributed by atoms with van der Waals surface area (Å²) in [5, 5.41) is 6.31. The Kier molecular flexibility index (Phi) is 4.34. The maximum atomic E-state index is 12.5. The minimum absolute atomic E-state index is 0.488. The van der Waals surface area contributed by atoms with E-state index >= 15 is 0 Å². The average molecular weight is 336 g/mol. The highest BCUT2D eigenvalue weighted by Crippen LogP contribution is 2.24. The van der Waals surface area contributed by atoms with Gasteiger partial charge in [0.2, 0.25) is 0 Å². The first-order valence-corrected chi connectivity index (χ1v) is 8.59. The fourth-order valence-electron chi connectivity index (χ4n) is 3.57. The third kappa shape index (κ3) is 3.21. The Hall–Kier alpha value is -2.50. The Morgan fingerprint density at radius 2 is 1.60 bits per heavy atom. The van der Waals surface area contributed by atoms with Crippen molar-refractivity contribution in [2.75, 3.05) is 6.54 Å². The van der Waals surface area contributed by atoms with Gasteiger partial charge in [-0.2, -0.15) is 0 Å². The molecular weight excluding hydrogens is 316 g/mol. The number of carbonyl (C=O) groups excluding carboxylic acids is 2. The maximum absolute atomic E-state index is 12.5. The van der Waals surface area contributed by atoms with Crippen LogP contribution in [-0.4, -0.2) is 24.5 Å². The van der Waals surface area contributed by atoms with Crippen molar-refractivity contribution in [3.63, 3.8) is 0 Å². The number of nitrogens with one attached hydrogen (secondary N) is 2. The van der Waals surface area contributed by atoms with E-state index in [4.69, 9.17) is 4.74 Å². The molecule has 0 bridgehead atoms. The zero-order valence-corrected chi connectivity index (χ0v) is 13.8. The first-order chi connectivity index (χ1) is 12.2. The normalized spacial score (nSPS) is 21.8. The Balaban J connectivity index is 1.45. The van der Waals surface area contributed by atoms with Crippen LogP contribution < -0.4 is 10.6 Å². The predicted molar refractivity (Wildman–Crippen MR) is 92.8 cm³/mol. The Morgan fingerprint density at radius 3 is 2.44 bits per heavy atom. The highest BCUT2D eigenvalue weighted by Gasteiger charge is 2.32. The van der Waals surface area contributed by atoms with Gasteiger partial charge in [0.1, 0.15) is 12.1 Å². The fraction of sp³-hybridized carbons (Fsp3) is 0.300. The van der Waals surface area contributed by atoms with Crippen LogP contribution in [0.15, 0.2) is 48.5 Å². The number of ether oxygens (including phenoxy) is 1. The summed E-state index contributed by atoms with van der Waals surface area (Å²) in [7, 11) is 0. The molecule has 2 aliphatic rings. The van der Waals surface area contributed by atoms with Crippen LogP contribution in [-0.2, 0) is 33.7 Å². The van der Waals surface area contributed by atoms with Crippen molar-refractivity contribution in [3.8, 4) is 0 Å². The van der Waals surface area contributed by atoms with E-state index in [2.05, 4.69) is 10.6 Å². The van der Waals surface area contributed by atoms with Gasteiger partial charge in [-0.05, 0) is 35.1 Å². The molecule has 2 aliphatic heterocycles. The number of esters is 2. The molecule has 2 N–H and O–H groups in total. The highest BCUT2D eigenvalue weighted by atomic mass is 16.6. The molecule has 25 heavy (non-hydrogen) atoms. The summed E-state index contributed by atoms with van der Waals surface area (Å²) in [6.07, 6.45) is 1.41. The summed E-state index contributed by atoms with van der Waals surface area (Å²) in [6, 6.07) is 14.7. The number of carbonyl (C=O) groups is 2. The van der Waals surface area contributed by atoms with Crippen LogP contribution in [0, 0.1) is 0 Å². The van der Waals surface area contributed by atoms with E-state index < -0.39 is 24.0 Å². The van der Waals surface area contributed by atoms with E-state index in [9.17, 15) is 9.59 Å². The molecule has 5 heteroatoms. The van der Waals surface area contributed by atoms with Crippen LogP contribution in [0.5, 0.6) is 0 Å². The van der Waals surface area contributed by atoms with Crippen LogP contribution in [0.4, 0.5) is 0 Å². The quantitative estimate of drug-likeness (QED) is 0.645. The van der Waals surface area contributed by atoms with Crippen molar-refractivity contribution >= 4 is 11.9 Å². The molecule has 0 saturated heterocycles. The summed E-state index contributed by atoms with van der Waals surface area (Å²) in [6.45, 7) is 1.30. The van der Waals surface area contributed by atoms with E-state index in [0.717, 1.165) is 23.1 Å². The average Bonchev–Trinajstić information content (AvgIpc) is 2.67. The summed E-state index contributed by atoms with van der Waals surface area (Å²) in [4.78, 5) is 25.0. The smallest absolute Gasteiger partial charge is 0.335 e. The Bertz CT molecular complexity index is 818. The lowest BCUT2D eigenvalue weighted by Crippen LogP contribution is -2.45. The van der Waals surface area contributed by atoms with Crippen molar-refractivity contribution in [3.05, 3.63) is 70.8 Å². The first-order valence-electron chi connectivity index (χ1n) is 8.59. The Labute approximate surface area is 146 Å². The zero-order valence-electron chi connectivity index (χ0n) is 13.8. The molecule has 0 saturated carbocycles. The molecule has 0 radical (unpaired) electrons. The van der Waals surface area contributed by atoms with Gasteiger partial charge in [0.25, 0.3) is 0 Å². The molecule has 0 amide bonds. The molecule has 2 aromatic carbocycles. The molecule has 2 heterocycles. The summed E-state index contributed by atoms with van der Waals surface area (Å²) in [5.74, 6) is -1.04. The van der Waals surface area contributed by atoms with Gasteiger partial charge in [0.15, 0.2) is 0 Å². The number of benzene rings is 2. The van der Waals surface area contributed by atoms with Gasteiger partial charge in [-0.3, -0.25) is 5.32 Å². The molecule has 128 valence electrons. The van der Waals surface area contributed by atoms with Crippen LogP contribution >= 0.6 is 0 Å². The third-order valence-electron chi connectivity index (χ3n) is 4.91. The molecule has 2 aromatic rings. The van der Waals surface area contributed by atoms with Crippen molar-refractivity contribution in [2.45, 2.75) is 31.5 Å². The van der Waals surface area contributed by atoms with Crippen molar-refractivity contribution in [1.82, 2.24) is 10.6 Å². The summed E-state index contributed by atoms with van der Waals surface area (Å²) >= 11 is 0. The van der Waals surface area contributed by atoms with Gasteiger partial charge in [0, 0.05) is 13.1 Å². The zero-order chi connectivity index (χ0) is 17.2. The van der Waals surface area contributed by atoms with Crippen molar-refractivity contribution < 1.29 is 14.3 Å². The highest BCUT2D eigenvalue weighted by molar-refractivity contribution is 5.92. The standard InChI is InChI=1S/C20H20N2O3/c23-19(17-11-14-6-1-2-7-15(14)12-22-17)25-20(24)18-16-8-4-3-5-13(16)9-10-21-18/h1-8,17-18,21-22H,9-12H2. The van der Waals surface area contributed by atoms with E-state index in [-0.39, 0.29) is 0 Å². The Morgan fingerprint density at radius 1 is 0.880 bits per heavy atom. The minimum atomic E-state index is -0.579. The molecule has 0 aromatic heterocycles. The molecule has 0 spiro atoms. The SMILES string of the molecule is O=C(OC(=O)C1NCCc2ccccc21)C1Cc2ccccc2CN1. The lowest BCUT2D eigenvalue weighted by molar-refractivity contribution is -0.163. The first kappa shape index (κ1) is 16.0. The fourth-order valence-corrected chi connectivity index (χ4v) is 3.57. The molecule has 2 unspecified atom stereocenters. The van der Waals surface area contributed by atoms with Crippen LogP contribution in [0.1, 0.15) is 28.3 Å². The molecule has 5 nitrogen and oxygen atoms in total. The van der Waals surface area contributed by atoms with Crippen molar-refractivity contribution in [1.29, 1.82) is 0 Å². The van der Waals surface area contributed by atoms with E-state index in [1.807, 2.05) is 48.5 Å². The molecule has 0 aliphatic carbocycles. The molecular formula is C20H20N2O3. The van der Waals surface area contributed by atoms with E-state index in [1.54, 1.807) is 0 Å². The molecule has 2 atom stereocenters. The summed E-state index contributed by atoms with van der Waals surface area (Å²) < 4.78 is 5.20. The van der Waals surface area contributed by atoms with Crippen molar-refractivity contribution in [2.24, 2.45) is 0 Å². The lowest BCUT2D eigenvalue weighted by atomic mass is 9.94. The topological polar surface area (TPSA) is 67.4 Å². The monoisotopic (exact) mass is 336 g/mol. The van der Waals surface area contributed by atoms with Gasteiger partial charge >= 0.3 is 11.9 Å². The van der Waals surface area contributed by atoms with Gasteiger partial charge in [-0.15, -0.1) is 0 Å². The van der Waals surface area contributed by atoms with Gasteiger partial charge in [0.05, 0.1) is 0 Å². The number of fused-ring (bicyclic) bond motifs is 2. The molecule has 0 fully saturated rings. The predicted octanol–water partition coefficient (Wildman–Crippen LogP) is 1.66. The number of rotatable bonds is 2. The second-order valence-electron chi connectivity index (χ2n) is 6.48. The van der Waals surface area contributed by atoms with Crippen LogP contribution in [0.25, 0.3) is 0 Å². The van der Waals surface area contributed by atoms with Crippen LogP contribution in [0.3, 0.4) is 0 Å². The lowest BCUT2D eigenvalue weighted by Gasteiger charge is -2.27. The van der Waals surface area contributed by atoms with Crippen LogP contribution in [0.2, 0.25) is 0 Å². The van der Waals surface area contributed by atoms with Gasteiger partial charge in [-0.1, -0.05) is 48.5 Å².